The van der Waals surface area contributed by atoms with Gasteiger partial charge in [0.15, 0.2) is 12.5 Å². The molecule has 1 aliphatic carbocycles. The highest BCUT2D eigenvalue weighted by molar-refractivity contribution is 6.33. The summed E-state index contributed by atoms with van der Waals surface area (Å²) >= 11 is 12.3. The molecular formula is C31H22Cl2F10N4O5. The van der Waals surface area contributed by atoms with Gasteiger partial charge in [-0.05, 0) is 49.1 Å². The molecule has 0 atom stereocenters. The second-order valence-corrected chi connectivity index (χ2v) is 12.1. The summed E-state index contributed by atoms with van der Waals surface area (Å²) in [4.78, 5) is 24.3. The smallest absolute Gasteiger partial charge is 0.481 e. The number of carbonyl (C=O) groups excluding carboxylic acids is 1. The van der Waals surface area contributed by atoms with E-state index in [0.29, 0.717) is 17.5 Å². The Bertz CT molecular complexity index is 1900. The number of carboxylic acid groups (broad SMARTS) is 1. The minimum absolute atomic E-state index is 0.00299. The zero-order valence-corrected chi connectivity index (χ0v) is 27.4. The van der Waals surface area contributed by atoms with E-state index in [1.165, 1.54) is 23.1 Å². The number of nitrogens with zero attached hydrogens (tertiary/aromatic N) is 4. The van der Waals surface area contributed by atoms with Crippen LogP contribution in [0.1, 0.15) is 43.2 Å². The Morgan fingerprint density at radius 1 is 0.981 bits per heavy atom. The molecule has 1 aromatic heterocycles. The Morgan fingerprint density at radius 2 is 1.62 bits per heavy atom. The summed E-state index contributed by atoms with van der Waals surface area (Å²) in [6.07, 6.45) is -16.9. The van der Waals surface area contributed by atoms with E-state index in [-0.39, 0.29) is 52.7 Å². The SMILES string of the molecule is C=C(c1cc(-c2cnn(-c3c(Cl)cc(C(F)(C(F)(F)F)C(F)(F)F)cc3OC(F)(F)F)c2)ccc1Cl)N(COC(=O)CCCC(=O)O)C1(C#N)CC1. The number of esters is 1. The first-order valence-corrected chi connectivity index (χ1v) is 15.2. The Kier molecular flexibility index (Phi) is 11.1. The molecule has 52 heavy (non-hydrogen) atoms. The zero-order valence-electron chi connectivity index (χ0n) is 25.9. The molecule has 0 saturated heterocycles. The third-order valence-corrected chi connectivity index (χ3v) is 8.37. The van der Waals surface area contributed by atoms with Crippen molar-refractivity contribution in [3.05, 3.63) is 70.5 Å². The highest BCUT2D eigenvalue weighted by atomic mass is 35.5. The van der Waals surface area contributed by atoms with Gasteiger partial charge in [-0.2, -0.15) is 36.7 Å². The van der Waals surface area contributed by atoms with Gasteiger partial charge in [-0.3, -0.25) is 9.59 Å². The first kappa shape index (κ1) is 40.1. The van der Waals surface area contributed by atoms with Crippen LogP contribution in [0.15, 0.2) is 49.3 Å². The number of carbonyl (C=O) groups is 2. The number of nitriles is 1. The van der Waals surface area contributed by atoms with Crippen molar-refractivity contribution in [2.45, 2.75) is 62.0 Å². The molecule has 0 bridgehead atoms. The van der Waals surface area contributed by atoms with Gasteiger partial charge in [0.2, 0.25) is 0 Å². The zero-order chi connectivity index (χ0) is 39.0. The lowest BCUT2D eigenvalue weighted by Crippen LogP contribution is -2.50. The van der Waals surface area contributed by atoms with E-state index in [4.69, 9.17) is 33.0 Å². The molecule has 0 unspecified atom stereocenters. The average Bonchev–Trinajstić information content (AvgIpc) is 3.66. The highest BCUT2D eigenvalue weighted by Gasteiger charge is 2.73. The summed E-state index contributed by atoms with van der Waals surface area (Å²) in [6, 6.07) is 5.67. The largest absolute Gasteiger partial charge is 0.573 e. The first-order chi connectivity index (χ1) is 23.9. The fourth-order valence-electron chi connectivity index (χ4n) is 4.96. The van der Waals surface area contributed by atoms with E-state index in [1.807, 2.05) is 0 Å². The van der Waals surface area contributed by atoms with Crippen molar-refractivity contribution in [1.29, 1.82) is 5.26 Å². The number of aliphatic carboxylic acids is 1. The van der Waals surface area contributed by atoms with E-state index in [1.54, 1.807) is 0 Å². The molecule has 1 fully saturated rings. The van der Waals surface area contributed by atoms with Crippen LogP contribution in [0.4, 0.5) is 43.9 Å². The molecule has 1 saturated carbocycles. The van der Waals surface area contributed by atoms with E-state index < -0.39 is 76.7 Å². The number of halogens is 12. The van der Waals surface area contributed by atoms with Crippen LogP contribution in [0.5, 0.6) is 5.75 Å². The van der Waals surface area contributed by atoms with Gasteiger partial charge < -0.3 is 19.5 Å². The summed E-state index contributed by atoms with van der Waals surface area (Å²) in [7, 11) is 0. The number of hydrogen-bond donors (Lipinski definition) is 1. The van der Waals surface area contributed by atoms with Crippen LogP contribution >= 0.6 is 23.2 Å². The monoisotopic (exact) mass is 790 g/mol. The lowest BCUT2D eigenvalue weighted by Gasteiger charge is -2.31. The van der Waals surface area contributed by atoms with Gasteiger partial charge in [0.25, 0.3) is 0 Å². The molecular weight excluding hydrogens is 769 g/mol. The molecule has 0 spiro atoms. The van der Waals surface area contributed by atoms with Crippen LogP contribution in [-0.4, -0.2) is 62.7 Å². The maximum Gasteiger partial charge on any atom is 0.573 e. The molecule has 0 amide bonds. The van der Waals surface area contributed by atoms with Gasteiger partial charge in [-0.25, -0.2) is 9.07 Å². The van der Waals surface area contributed by atoms with Crippen LogP contribution in [0.2, 0.25) is 10.0 Å². The Labute approximate surface area is 296 Å². The normalized spacial score (nSPS) is 14.4. The van der Waals surface area contributed by atoms with Crippen molar-refractivity contribution in [1.82, 2.24) is 14.7 Å². The summed E-state index contributed by atoms with van der Waals surface area (Å²) in [5.41, 5.74) is -10.1. The van der Waals surface area contributed by atoms with Gasteiger partial charge in [0.1, 0.15) is 11.2 Å². The maximum atomic E-state index is 14.8. The molecule has 1 heterocycles. The predicted molar refractivity (Wildman–Crippen MR) is 161 cm³/mol. The molecule has 2 aromatic carbocycles. The van der Waals surface area contributed by atoms with Gasteiger partial charge in [-0.15, -0.1) is 13.2 Å². The molecule has 0 aliphatic heterocycles. The van der Waals surface area contributed by atoms with Gasteiger partial charge in [0.05, 0.1) is 17.3 Å². The van der Waals surface area contributed by atoms with Gasteiger partial charge >= 0.3 is 36.3 Å². The van der Waals surface area contributed by atoms with Crippen LogP contribution in [0.3, 0.4) is 0 Å². The van der Waals surface area contributed by atoms with Crippen LogP contribution in [0.25, 0.3) is 22.5 Å². The number of carboxylic acids is 1. The first-order valence-electron chi connectivity index (χ1n) is 14.5. The fraction of sp³-hybridized carbons (Fsp3) is 0.355. The second kappa shape index (κ2) is 14.4. The number of hydrogen-bond acceptors (Lipinski definition) is 7. The molecule has 280 valence electrons. The standard InChI is InChI=1S/C31H22Cl2F10N4O5/c1-16(46(27(14-44)7-8-27)15-51-25(50)4-2-3-24(48)49)20-9-17(5-6-21(20)32)18-12-45-47(13-18)26-22(33)10-19(11-23(26)52-31(41,42)43)28(34,29(35,36)37)30(38,39)40/h5-6,9-13H,1-4,7-8,15H2,(H,48,49). The van der Waals surface area contributed by atoms with Gasteiger partial charge in [-0.1, -0.05) is 35.8 Å². The highest BCUT2D eigenvalue weighted by Crippen LogP contribution is 2.55. The van der Waals surface area contributed by atoms with Gasteiger partial charge in [0, 0.05) is 46.4 Å². The Hall–Kier alpha value is -4.70. The second-order valence-electron chi connectivity index (χ2n) is 11.3. The predicted octanol–water partition coefficient (Wildman–Crippen LogP) is 9.12. The molecule has 4 rings (SSSR count). The number of ether oxygens (including phenoxy) is 2. The topological polar surface area (TPSA) is 118 Å². The molecule has 1 aliphatic rings. The summed E-state index contributed by atoms with van der Waals surface area (Å²) < 4.78 is 145. The fourth-order valence-corrected chi connectivity index (χ4v) is 5.49. The molecule has 9 nitrogen and oxygen atoms in total. The average molecular weight is 791 g/mol. The Balaban J connectivity index is 1.72. The Morgan fingerprint density at radius 3 is 2.15 bits per heavy atom. The van der Waals surface area contributed by atoms with Crippen LogP contribution in [-0.2, 0) is 20.0 Å². The van der Waals surface area contributed by atoms with E-state index in [0.717, 1.165) is 12.4 Å². The van der Waals surface area contributed by atoms with Crippen molar-refractivity contribution in [3.8, 4) is 28.6 Å². The van der Waals surface area contributed by atoms with Crippen molar-refractivity contribution >= 4 is 40.8 Å². The van der Waals surface area contributed by atoms with Crippen molar-refractivity contribution in [2.75, 3.05) is 6.73 Å². The quantitative estimate of drug-likeness (QED) is 0.104. The lowest BCUT2D eigenvalue weighted by molar-refractivity contribution is -0.348. The lowest BCUT2D eigenvalue weighted by atomic mass is 9.93. The third-order valence-electron chi connectivity index (χ3n) is 7.76. The molecule has 21 heteroatoms. The van der Waals surface area contributed by atoms with E-state index in [9.17, 15) is 58.8 Å². The van der Waals surface area contributed by atoms with Crippen LogP contribution in [0, 0.1) is 11.3 Å². The minimum atomic E-state index is -6.67. The number of rotatable bonds is 13. The number of alkyl halides is 10. The maximum absolute atomic E-state index is 14.8. The molecule has 1 N–H and O–H groups in total. The van der Waals surface area contributed by atoms with Crippen molar-refractivity contribution in [3.63, 3.8) is 0 Å². The molecule has 3 aromatic rings. The minimum Gasteiger partial charge on any atom is -0.481 e. The van der Waals surface area contributed by atoms with E-state index in [2.05, 4.69) is 22.5 Å². The summed E-state index contributed by atoms with van der Waals surface area (Å²) in [5.74, 6) is -3.62. The summed E-state index contributed by atoms with van der Waals surface area (Å²) in [5, 5.41) is 21.3. The number of benzene rings is 2. The van der Waals surface area contributed by atoms with Crippen molar-refractivity contribution in [2.24, 2.45) is 0 Å². The molecule has 0 radical (unpaired) electrons. The number of aromatic nitrogens is 2. The van der Waals surface area contributed by atoms with Crippen LogP contribution < -0.4 is 4.74 Å². The van der Waals surface area contributed by atoms with Crippen molar-refractivity contribution < 1.29 is 68.1 Å². The third kappa shape index (κ3) is 8.33. The van der Waals surface area contributed by atoms with E-state index >= 15 is 0 Å². The summed E-state index contributed by atoms with van der Waals surface area (Å²) in [6.45, 7) is 3.50.